The van der Waals surface area contributed by atoms with Gasteiger partial charge in [0, 0.05) is 6.42 Å². The largest absolute Gasteiger partial charge is 0.466 e. The van der Waals surface area contributed by atoms with Crippen LogP contribution in [0.25, 0.3) is 0 Å². The van der Waals surface area contributed by atoms with Crippen LogP contribution in [0.4, 0.5) is 39.5 Å². The summed E-state index contributed by atoms with van der Waals surface area (Å²) in [6, 6.07) is 0. The van der Waals surface area contributed by atoms with Crippen molar-refractivity contribution in [2.24, 2.45) is 5.92 Å². The van der Waals surface area contributed by atoms with Gasteiger partial charge in [-0.25, -0.2) is 0 Å². The van der Waals surface area contributed by atoms with Crippen LogP contribution in [-0.2, 0) is 19.1 Å². The highest BCUT2D eigenvalue weighted by Gasteiger charge is 2.81. The third kappa shape index (κ3) is 6.02. The van der Waals surface area contributed by atoms with Gasteiger partial charge in [0.2, 0.25) is 0 Å². The quantitative estimate of drug-likeness (QED) is 0.172. The second kappa shape index (κ2) is 9.69. The zero-order chi connectivity index (χ0) is 22.6. The summed E-state index contributed by atoms with van der Waals surface area (Å²) in [6.07, 6.45) is -10.3. The molecule has 0 N–H and O–H groups in total. The molecule has 0 fully saturated rings. The van der Waals surface area contributed by atoms with E-state index in [1.165, 1.54) is 36.4 Å². The fourth-order valence-electron chi connectivity index (χ4n) is 1.95. The van der Waals surface area contributed by atoms with E-state index < -0.39 is 65.2 Å². The Morgan fingerprint density at radius 2 is 1.25 bits per heavy atom. The molecule has 0 spiro atoms. The zero-order valence-electron chi connectivity index (χ0n) is 14.4. The van der Waals surface area contributed by atoms with E-state index in [4.69, 9.17) is 0 Å². The lowest BCUT2D eigenvalue weighted by atomic mass is 9.90. The SMILES string of the molecule is CCOC(=O)C(I)CC(CC(F)(F)C(F)(F)C(F)(F)C(F)(F)F)C(=O)OCC. The highest BCUT2D eigenvalue weighted by atomic mass is 127. The molecule has 0 aliphatic carbocycles. The molecule has 0 saturated carbocycles. The van der Waals surface area contributed by atoms with Gasteiger partial charge in [-0.05, 0) is 20.3 Å². The molecule has 0 aromatic carbocycles. The molecule has 0 amide bonds. The molecular formula is C14H16F9IO4. The van der Waals surface area contributed by atoms with Crippen molar-refractivity contribution in [3.8, 4) is 0 Å². The molecule has 0 aliphatic heterocycles. The van der Waals surface area contributed by atoms with Crippen molar-refractivity contribution in [3.05, 3.63) is 0 Å². The zero-order valence-corrected chi connectivity index (χ0v) is 16.6. The van der Waals surface area contributed by atoms with Crippen molar-refractivity contribution in [2.45, 2.75) is 54.6 Å². The first-order chi connectivity index (χ1) is 12.5. The van der Waals surface area contributed by atoms with Gasteiger partial charge in [-0.1, -0.05) is 22.6 Å². The van der Waals surface area contributed by atoms with Crippen molar-refractivity contribution in [1.29, 1.82) is 0 Å². The minimum atomic E-state index is -7.06. The fraction of sp³-hybridized carbons (Fsp3) is 0.857. The van der Waals surface area contributed by atoms with E-state index in [0.29, 0.717) is 0 Å². The van der Waals surface area contributed by atoms with E-state index in [0.717, 1.165) is 0 Å². The Balaban J connectivity index is 5.76. The average Bonchev–Trinajstić information content (AvgIpc) is 2.52. The monoisotopic (exact) mass is 546 g/mol. The normalized spacial score (nSPS) is 15.7. The van der Waals surface area contributed by atoms with Crippen molar-refractivity contribution in [1.82, 2.24) is 0 Å². The summed E-state index contributed by atoms with van der Waals surface area (Å²) in [6.45, 7) is 2.04. The summed E-state index contributed by atoms with van der Waals surface area (Å²) in [5.74, 6) is -24.7. The van der Waals surface area contributed by atoms with Crippen LogP contribution >= 0.6 is 22.6 Å². The molecule has 0 saturated heterocycles. The van der Waals surface area contributed by atoms with Crippen LogP contribution in [0.1, 0.15) is 26.7 Å². The van der Waals surface area contributed by atoms with Crippen LogP contribution in [-0.4, -0.2) is 53.0 Å². The Morgan fingerprint density at radius 1 is 0.821 bits per heavy atom. The fourth-order valence-corrected chi connectivity index (χ4v) is 2.74. The van der Waals surface area contributed by atoms with Gasteiger partial charge in [-0.15, -0.1) is 0 Å². The number of esters is 2. The van der Waals surface area contributed by atoms with Crippen molar-refractivity contribution in [2.75, 3.05) is 13.2 Å². The predicted molar refractivity (Wildman–Crippen MR) is 84.7 cm³/mol. The minimum absolute atomic E-state index is 0.144. The number of hydrogen-bond acceptors (Lipinski definition) is 4. The third-order valence-corrected chi connectivity index (χ3v) is 4.38. The van der Waals surface area contributed by atoms with E-state index in [1.807, 2.05) is 0 Å². The number of alkyl halides is 10. The second-order valence-electron chi connectivity index (χ2n) is 5.46. The second-order valence-corrected chi connectivity index (χ2v) is 6.96. The summed E-state index contributed by atoms with van der Waals surface area (Å²) < 4.78 is 124. The molecule has 0 radical (unpaired) electrons. The summed E-state index contributed by atoms with van der Waals surface area (Å²) >= 11 is 1.33. The van der Waals surface area contributed by atoms with Crippen LogP contribution in [0.15, 0.2) is 0 Å². The Kier molecular flexibility index (Phi) is 9.36. The van der Waals surface area contributed by atoms with Gasteiger partial charge in [0.25, 0.3) is 0 Å². The lowest BCUT2D eigenvalue weighted by Gasteiger charge is -2.35. The Hall–Kier alpha value is -0.960. The molecule has 166 valence electrons. The Morgan fingerprint density at radius 3 is 1.64 bits per heavy atom. The van der Waals surface area contributed by atoms with E-state index >= 15 is 0 Å². The summed E-state index contributed by atoms with van der Waals surface area (Å²) in [7, 11) is 0. The van der Waals surface area contributed by atoms with Crippen molar-refractivity contribution >= 4 is 34.5 Å². The van der Waals surface area contributed by atoms with Gasteiger partial charge < -0.3 is 9.47 Å². The van der Waals surface area contributed by atoms with Crippen molar-refractivity contribution < 1.29 is 58.6 Å². The molecule has 0 rings (SSSR count). The first-order valence-electron chi connectivity index (χ1n) is 7.63. The standard InChI is InChI=1S/C14H16F9IO4/c1-3-27-9(25)7(5-8(24)10(26)28-4-2)6-11(15,16)12(17,18)13(19,20)14(21,22)23/h7-8H,3-6H2,1-2H3. The molecule has 0 aliphatic rings. The number of rotatable bonds is 10. The molecule has 2 unspecified atom stereocenters. The van der Waals surface area contributed by atoms with Crippen molar-refractivity contribution in [3.63, 3.8) is 0 Å². The molecule has 0 aromatic heterocycles. The van der Waals surface area contributed by atoms with Crippen LogP contribution in [0.5, 0.6) is 0 Å². The number of hydrogen-bond donors (Lipinski definition) is 0. The molecule has 0 bridgehead atoms. The lowest BCUT2D eigenvalue weighted by Crippen LogP contribution is -2.61. The maximum absolute atomic E-state index is 13.8. The molecular weight excluding hydrogens is 530 g/mol. The maximum atomic E-state index is 13.8. The third-order valence-electron chi connectivity index (χ3n) is 3.37. The van der Waals surface area contributed by atoms with Gasteiger partial charge >= 0.3 is 35.9 Å². The molecule has 0 aromatic rings. The summed E-state index contributed by atoms with van der Waals surface area (Å²) in [4.78, 5) is 23.3. The van der Waals surface area contributed by atoms with Crippen LogP contribution in [0, 0.1) is 5.92 Å². The van der Waals surface area contributed by atoms with Crippen LogP contribution in [0.2, 0.25) is 0 Å². The maximum Gasteiger partial charge on any atom is 0.460 e. The van der Waals surface area contributed by atoms with E-state index in [-0.39, 0.29) is 6.61 Å². The van der Waals surface area contributed by atoms with Crippen LogP contribution in [0.3, 0.4) is 0 Å². The molecule has 2 atom stereocenters. The molecule has 14 heteroatoms. The first-order valence-corrected chi connectivity index (χ1v) is 8.88. The minimum Gasteiger partial charge on any atom is -0.466 e. The molecule has 4 nitrogen and oxygen atoms in total. The molecule has 28 heavy (non-hydrogen) atoms. The summed E-state index contributed by atoms with van der Waals surface area (Å²) in [5.41, 5.74) is 0. The number of carbonyl (C=O) groups is 2. The predicted octanol–water partition coefficient (Wildman–Crippen LogP) is 4.78. The average molecular weight is 546 g/mol. The van der Waals surface area contributed by atoms with Crippen LogP contribution < -0.4 is 0 Å². The highest BCUT2D eigenvalue weighted by Crippen LogP contribution is 2.55. The Labute approximate surface area is 167 Å². The lowest BCUT2D eigenvalue weighted by molar-refractivity contribution is -0.397. The number of halogens is 10. The van der Waals surface area contributed by atoms with Gasteiger partial charge in [0.1, 0.15) is 3.92 Å². The van der Waals surface area contributed by atoms with E-state index in [2.05, 4.69) is 9.47 Å². The highest BCUT2D eigenvalue weighted by molar-refractivity contribution is 14.1. The van der Waals surface area contributed by atoms with Gasteiger partial charge in [-0.3, -0.25) is 9.59 Å². The number of carbonyl (C=O) groups excluding carboxylic acids is 2. The number of ether oxygens (including phenoxy) is 2. The smallest absolute Gasteiger partial charge is 0.460 e. The first kappa shape index (κ1) is 27.0. The summed E-state index contributed by atoms with van der Waals surface area (Å²) in [5, 5.41) is 0. The van der Waals surface area contributed by atoms with Gasteiger partial charge in [-0.2, -0.15) is 39.5 Å². The van der Waals surface area contributed by atoms with Gasteiger partial charge in [0.15, 0.2) is 0 Å². The van der Waals surface area contributed by atoms with E-state index in [9.17, 15) is 49.1 Å². The topological polar surface area (TPSA) is 52.6 Å². The van der Waals surface area contributed by atoms with E-state index in [1.54, 1.807) is 0 Å². The Bertz CT molecular complexity index is 551. The molecule has 0 heterocycles. The van der Waals surface area contributed by atoms with Gasteiger partial charge in [0.05, 0.1) is 19.1 Å².